The van der Waals surface area contributed by atoms with Gasteiger partial charge in [0.1, 0.15) is 5.82 Å². The van der Waals surface area contributed by atoms with E-state index in [4.69, 9.17) is 11.6 Å². The van der Waals surface area contributed by atoms with Gasteiger partial charge in [-0.15, -0.1) is 11.8 Å². The summed E-state index contributed by atoms with van der Waals surface area (Å²) in [4.78, 5) is 12.6. The van der Waals surface area contributed by atoms with E-state index in [1.165, 1.54) is 6.07 Å². The maximum Gasteiger partial charge on any atom is 0.235 e. The molecule has 3 rings (SSSR count). The molecule has 0 saturated heterocycles. The average Bonchev–Trinajstić information content (AvgIpc) is 3.05. The Hall–Kier alpha value is -2.38. The van der Waals surface area contributed by atoms with E-state index in [1.54, 1.807) is 29.1 Å². The third kappa shape index (κ3) is 4.83. The molecule has 0 aliphatic rings. The summed E-state index contributed by atoms with van der Waals surface area (Å²) < 4.78 is 27.8. The number of nitrogens with one attached hydrogen (secondary N) is 1. The van der Waals surface area contributed by atoms with E-state index in [2.05, 4.69) is 10.4 Å². The summed E-state index contributed by atoms with van der Waals surface area (Å²) in [5, 5.41) is 7.61. The van der Waals surface area contributed by atoms with Crippen LogP contribution in [0.4, 0.5) is 14.6 Å². The zero-order valence-corrected chi connectivity index (χ0v) is 15.0. The molecule has 0 spiro atoms. The molecule has 1 aromatic heterocycles. The zero-order chi connectivity index (χ0) is 18.5. The standard InChI is InChI=1S/C18H14ClF2N3OS/c19-13-3-1-12(2-4-13)10-24-17(7-8-22-24)23-18(25)11-26-14-5-6-15(20)16(21)9-14/h1-9H,10-11H2,(H,23,25). The topological polar surface area (TPSA) is 46.9 Å². The van der Waals surface area contributed by atoms with Gasteiger partial charge in [-0.25, -0.2) is 13.5 Å². The van der Waals surface area contributed by atoms with Crippen molar-refractivity contribution in [3.8, 4) is 0 Å². The van der Waals surface area contributed by atoms with Crippen molar-refractivity contribution in [2.45, 2.75) is 11.4 Å². The van der Waals surface area contributed by atoms with Crippen LogP contribution in [0.15, 0.2) is 59.6 Å². The molecule has 3 aromatic rings. The Morgan fingerprint density at radius 2 is 1.88 bits per heavy atom. The van der Waals surface area contributed by atoms with Gasteiger partial charge >= 0.3 is 0 Å². The molecule has 26 heavy (non-hydrogen) atoms. The quantitative estimate of drug-likeness (QED) is 0.623. The van der Waals surface area contributed by atoms with Crippen LogP contribution < -0.4 is 5.32 Å². The number of carbonyl (C=O) groups excluding carboxylic acids is 1. The summed E-state index contributed by atoms with van der Waals surface area (Å²) in [6.07, 6.45) is 1.59. The SMILES string of the molecule is O=C(CSc1ccc(F)c(F)c1)Nc1ccnn1Cc1ccc(Cl)cc1. The molecule has 0 unspecified atom stereocenters. The van der Waals surface area contributed by atoms with Gasteiger partial charge in [-0.2, -0.15) is 5.10 Å². The van der Waals surface area contributed by atoms with Crippen LogP contribution in [0, 0.1) is 11.6 Å². The predicted molar refractivity (Wildman–Crippen MR) is 98.5 cm³/mol. The van der Waals surface area contributed by atoms with Crippen LogP contribution >= 0.6 is 23.4 Å². The van der Waals surface area contributed by atoms with Crippen molar-refractivity contribution in [3.05, 3.63) is 76.9 Å². The molecule has 0 radical (unpaired) electrons. The second-order valence-corrected chi connectivity index (χ2v) is 6.90. The molecule has 0 atom stereocenters. The Bertz CT molecular complexity index is 915. The van der Waals surface area contributed by atoms with E-state index >= 15 is 0 Å². The number of rotatable bonds is 6. The number of carbonyl (C=O) groups is 1. The van der Waals surface area contributed by atoms with Crippen LogP contribution in [0.3, 0.4) is 0 Å². The Kier molecular flexibility index (Phi) is 5.90. The lowest BCUT2D eigenvalue weighted by Gasteiger charge is -2.09. The monoisotopic (exact) mass is 393 g/mol. The van der Waals surface area contributed by atoms with Gasteiger partial charge in [0.05, 0.1) is 18.5 Å². The van der Waals surface area contributed by atoms with E-state index in [0.717, 1.165) is 29.5 Å². The Balaban J connectivity index is 1.58. The second kappa shape index (κ2) is 8.33. The minimum absolute atomic E-state index is 0.0667. The number of hydrogen-bond donors (Lipinski definition) is 1. The molecule has 0 bridgehead atoms. The third-order valence-corrected chi connectivity index (χ3v) is 4.74. The van der Waals surface area contributed by atoms with Crippen molar-refractivity contribution >= 4 is 35.1 Å². The highest BCUT2D eigenvalue weighted by atomic mass is 35.5. The summed E-state index contributed by atoms with van der Waals surface area (Å²) in [5.74, 6) is -1.49. The molecule has 0 fully saturated rings. The van der Waals surface area contributed by atoms with Gasteiger partial charge < -0.3 is 5.32 Å². The fourth-order valence-electron chi connectivity index (χ4n) is 2.22. The smallest absolute Gasteiger partial charge is 0.235 e. The van der Waals surface area contributed by atoms with Crippen molar-refractivity contribution in [3.63, 3.8) is 0 Å². The fourth-order valence-corrected chi connectivity index (χ4v) is 3.07. The average molecular weight is 394 g/mol. The van der Waals surface area contributed by atoms with Gasteiger partial charge in [-0.3, -0.25) is 4.79 Å². The summed E-state index contributed by atoms with van der Waals surface area (Å²) in [7, 11) is 0. The molecule has 1 heterocycles. The van der Waals surface area contributed by atoms with Crippen LogP contribution in [0.2, 0.25) is 5.02 Å². The van der Waals surface area contributed by atoms with Crippen LogP contribution in [0.5, 0.6) is 0 Å². The summed E-state index contributed by atoms with van der Waals surface area (Å²) in [6, 6.07) is 12.6. The highest BCUT2D eigenvalue weighted by Crippen LogP contribution is 2.21. The van der Waals surface area contributed by atoms with Crippen molar-refractivity contribution < 1.29 is 13.6 Å². The number of thioether (sulfide) groups is 1. The number of halogens is 3. The maximum atomic E-state index is 13.2. The van der Waals surface area contributed by atoms with Crippen molar-refractivity contribution in [2.24, 2.45) is 0 Å². The van der Waals surface area contributed by atoms with Crippen LogP contribution in [-0.2, 0) is 11.3 Å². The van der Waals surface area contributed by atoms with E-state index in [9.17, 15) is 13.6 Å². The number of benzene rings is 2. The first-order valence-corrected chi connectivity index (χ1v) is 9.01. The van der Waals surface area contributed by atoms with Crippen LogP contribution in [0.1, 0.15) is 5.56 Å². The molecule has 1 N–H and O–H groups in total. The molecule has 1 amide bonds. The second-order valence-electron chi connectivity index (χ2n) is 5.41. The largest absolute Gasteiger partial charge is 0.310 e. The predicted octanol–water partition coefficient (Wildman–Crippen LogP) is 4.59. The lowest BCUT2D eigenvalue weighted by Crippen LogP contribution is -2.17. The molecule has 0 aliphatic carbocycles. The number of anilines is 1. The van der Waals surface area contributed by atoms with Gasteiger partial charge in [-0.05, 0) is 35.9 Å². The number of amides is 1. The maximum absolute atomic E-state index is 13.2. The number of aromatic nitrogens is 2. The van der Waals surface area contributed by atoms with E-state index < -0.39 is 11.6 Å². The first-order valence-electron chi connectivity index (χ1n) is 7.65. The number of hydrogen-bond acceptors (Lipinski definition) is 3. The third-order valence-electron chi connectivity index (χ3n) is 3.49. The Labute approximate surface area is 158 Å². The summed E-state index contributed by atoms with van der Waals surface area (Å²) in [6.45, 7) is 0.482. The normalized spacial score (nSPS) is 10.7. The lowest BCUT2D eigenvalue weighted by atomic mass is 10.2. The summed E-state index contributed by atoms with van der Waals surface area (Å²) in [5.41, 5.74) is 0.991. The molecule has 0 saturated carbocycles. The molecule has 4 nitrogen and oxygen atoms in total. The van der Waals surface area contributed by atoms with Gasteiger partial charge in [0.2, 0.25) is 5.91 Å². The number of nitrogens with zero attached hydrogens (tertiary/aromatic N) is 2. The van der Waals surface area contributed by atoms with Crippen molar-refractivity contribution in [2.75, 3.05) is 11.1 Å². The lowest BCUT2D eigenvalue weighted by molar-refractivity contribution is -0.113. The fraction of sp³-hybridized carbons (Fsp3) is 0.111. The summed E-state index contributed by atoms with van der Waals surface area (Å²) >= 11 is 6.99. The highest BCUT2D eigenvalue weighted by Gasteiger charge is 2.10. The molecular formula is C18H14ClF2N3OS. The molecule has 8 heteroatoms. The molecule has 0 aliphatic heterocycles. The van der Waals surface area contributed by atoms with Crippen molar-refractivity contribution in [1.82, 2.24) is 9.78 Å². The molecule has 2 aromatic carbocycles. The minimum Gasteiger partial charge on any atom is -0.310 e. The van der Waals surface area contributed by atoms with Crippen LogP contribution in [0.25, 0.3) is 0 Å². The molecular weight excluding hydrogens is 380 g/mol. The molecule has 134 valence electrons. The first kappa shape index (κ1) is 18.4. The van der Waals surface area contributed by atoms with Gasteiger partial charge in [0, 0.05) is 16.0 Å². The van der Waals surface area contributed by atoms with Gasteiger partial charge in [0.25, 0.3) is 0 Å². The highest BCUT2D eigenvalue weighted by molar-refractivity contribution is 8.00. The minimum atomic E-state index is -0.934. The van der Waals surface area contributed by atoms with E-state index in [1.807, 2.05) is 12.1 Å². The Morgan fingerprint density at radius 1 is 1.12 bits per heavy atom. The Morgan fingerprint density at radius 3 is 2.62 bits per heavy atom. The van der Waals surface area contributed by atoms with E-state index in [-0.39, 0.29) is 11.7 Å². The zero-order valence-electron chi connectivity index (χ0n) is 13.5. The van der Waals surface area contributed by atoms with E-state index in [0.29, 0.717) is 22.3 Å². The van der Waals surface area contributed by atoms with Gasteiger partial charge in [-0.1, -0.05) is 23.7 Å². The van der Waals surface area contributed by atoms with Crippen LogP contribution in [-0.4, -0.2) is 21.4 Å². The van der Waals surface area contributed by atoms with Crippen molar-refractivity contribution in [1.29, 1.82) is 0 Å². The van der Waals surface area contributed by atoms with Gasteiger partial charge in [0.15, 0.2) is 11.6 Å². The first-order chi connectivity index (χ1) is 12.5.